The molecule has 1 saturated carbocycles. The van der Waals surface area contributed by atoms with Crippen molar-refractivity contribution in [3.63, 3.8) is 0 Å². The van der Waals surface area contributed by atoms with Gasteiger partial charge in [0.2, 0.25) is 0 Å². The molecule has 0 unspecified atom stereocenters. The highest BCUT2D eigenvalue weighted by atomic mass is 16.6. The Balaban J connectivity index is 1.98. The number of rotatable bonds is 3. The average molecular weight is 326 g/mol. The van der Waals surface area contributed by atoms with E-state index < -0.39 is 5.60 Å². The molecule has 4 nitrogen and oxygen atoms in total. The van der Waals surface area contributed by atoms with Crippen LogP contribution in [0.5, 0.6) is 0 Å². The van der Waals surface area contributed by atoms with Crippen LogP contribution in [0.2, 0.25) is 0 Å². The average Bonchev–Trinajstić information content (AvgIpc) is 3.00. The molecular weight excluding hydrogens is 300 g/mol. The second kappa shape index (κ2) is 6.80. The fourth-order valence-electron chi connectivity index (χ4n) is 3.29. The Morgan fingerprint density at radius 1 is 1.12 bits per heavy atom. The van der Waals surface area contributed by atoms with Crippen LogP contribution in [0.25, 0.3) is 11.4 Å². The van der Waals surface area contributed by atoms with Crippen LogP contribution in [-0.4, -0.2) is 21.5 Å². The smallest absolute Gasteiger partial charge is 0.359 e. The van der Waals surface area contributed by atoms with Gasteiger partial charge in [-0.1, -0.05) is 49.6 Å². The number of carbonyl (C=O) groups excluding carboxylic acids is 1. The van der Waals surface area contributed by atoms with Crippen molar-refractivity contribution in [2.24, 2.45) is 0 Å². The molecule has 0 aliphatic heterocycles. The lowest BCUT2D eigenvalue weighted by molar-refractivity contribution is 0.00614. The molecule has 24 heavy (non-hydrogen) atoms. The first kappa shape index (κ1) is 16.7. The molecule has 1 aliphatic carbocycles. The number of aromatic nitrogens is 2. The monoisotopic (exact) mass is 326 g/mol. The van der Waals surface area contributed by atoms with E-state index in [0.717, 1.165) is 29.9 Å². The van der Waals surface area contributed by atoms with Crippen LogP contribution in [0, 0.1) is 0 Å². The van der Waals surface area contributed by atoms with Crippen molar-refractivity contribution >= 4 is 5.97 Å². The SMILES string of the molecule is CC(C)(C)OC(=O)c1nc(-c2ccccc2)[nH]c1C1CCCCC1. The lowest BCUT2D eigenvalue weighted by atomic mass is 9.86. The van der Waals surface area contributed by atoms with Gasteiger partial charge in [-0.2, -0.15) is 0 Å². The summed E-state index contributed by atoms with van der Waals surface area (Å²) in [5.41, 5.74) is 1.87. The fourth-order valence-corrected chi connectivity index (χ4v) is 3.29. The van der Waals surface area contributed by atoms with Gasteiger partial charge in [0.1, 0.15) is 11.4 Å². The number of hydrogen-bond donors (Lipinski definition) is 1. The molecule has 1 heterocycles. The molecule has 1 aliphatic rings. The van der Waals surface area contributed by atoms with Crippen LogP contribution in [0.3, 0.4) is 0 Å². The zero-order valence-corrected chi connectivity index (χ0v) is 14.8. The fraction of sp³-hybridized carbons (Fsp3) is 0.500. The predicted octanol–water partition coefficient (Wildman–Crippen LogP) is 5.08. The Morgan fingerprint density at radius 3 is 2.42 bits per heavy atom. The van der Waals surface area contributed by atoms with Gasteiger partial charge in [-0.15, -0.1) is 0 Å². The lowest BCUT2D eigenvalue weighted by Gasteiger charge is -2.23. The Bertz CT molecular complexity index is 692. The Morgan fingerprint density at radius 2 is 1.79 bits per heavy atom. The minimum absolute atomic E-state index is 0.332. The summed E-state index contributed by atoms with van der Waals surface area (Å²) in [5, 5.41) is 0. The molecular formula is C20H26N2O2. The number of benzene rings is 1. The molecule has 1 aromatic heterocycles. The third-order valence-corrected chi connectivity index (χ3v) is 4.38. The Hall–Kier alpha value is -2.10. The normalized spacial score (nSPS) is 16.1. The van der Waals surface area contributed by atoms with Gasteiger partial charge in [-0.3, -0.25) is 0 Å². The molecule has 0 atom stereocenters. The lowest BCUT2D eigenvalue weighted by Crippen LogP contribution is -2.25. The first-order valence-electron chi connectivity index (χ1n) is 8.83. The Kier molecular flexibility index (Phi) is 4.74. The van der Waals surface area contributed by atoms with E-state index in [9.17, 15) is 4.79 Å². The van der Waals surface area contributed by atoms with Crippen LogP contribution in [0.4, 0.5) is 0 Å². The van der Waals surface area contributed by atoms with Crippen LogP contribution in [0.1, 0.15) is 75.0 Å². The van der Waals surface area contributed by atoms with Crippen LogP contribution in [-0.2, 0) is 4.74 Å². The minimum atomic E-state index is -0.521. The van der Waals surface area contributed by atoms with E-state index in [0.29, 0.717) is 11.6 Å². The molecule has 3 rings (SSSR count). The molecule has 1 N–H and O–H groups in total. The van der Waals surface area contributed by atoms with E-state index in [-0.39, 0.29) is 5.97 Å². The molecule has 1 aromatic carbocycles. The van der Waals surface area contributed by atoms with Crippen LogP contribution < -0.4 is 0 Å². The summed E-state index contributed by atoms with van der Waals surface area (Å²) in [5.74, 6) is 0.782. The molecule has 128 valence electrons. The van der Waals surface area contributed by atoms with Gasteiger partial charge < -0.3 is 9.72 Å². The van der Waals surface area contributed by atoms with Crippen molar-refractivity contribution in [2.75, 3.05) is 0 Å². The standard InChI is InChI=1S/C20H26N2O2/c1-20(2,3)24-19(23)17-16(14-10-6-4-7-11-14)21-18(22-17)15-12-8-5-9-13-15/h5,8-9,12-14H,4,6-7,10-11H2,1-3H3,(H,21,22). The van der Waals surface area contributed by atoms with E-state index >= 15 is 0 Å². The summed E-state index contributed by atoms with van der Waals surface area (Å²) in [6.45, 7) is 5.65. The number of ether oxygens (including phenoxy) is 1. The minimum Gasteiger partial charge on any atom is -0.455 e. The van der Waals surface area contributed by atoms with Gasteiger partial charge in [-0.05, 0) is 33.6 Å². The van der Waals surface area contributed by atoms with Crippen molar-refractivity contribution in [1.29, 1.82) is 0 Å². The molecule has 0 bridgehead atoms. The summed E-state index contributed by atoms with van der Waals surface area (Å²) in [7, 11) is 0. The first-order valence-corrected chi connectivity index (χ1v) is 8.83. The van der Waals surface area contributed by atoms with Crippen molar-refractivity contribution in [2.45, 2.75) is 64.4 Å². The van der Waals surface area contributed by atoms with Gasteiger partial charge in [0.25, 0.3) is 0 Å². The maximum Gasteiger partial charge on any atom is 0.359 e. The van der Waals surface area contributed by atoms with Gasteiger partial charge in [0.05, 0.1) is 5.69 Å². The molecule has 0 radical (unpaired) electrons. The van der Waals surface area contributed by atoms with Gasteiger partial charge >= 0.3 is 5.97 Å². The number of nitrogens with zero attached hydrogens (tertiary/aromatic N) is 1. The number of esters is 1. The van der Waals surface area contributed by atoms with E-state index in [1.54, 1.807) is 0 Å². The summed E-state index contributed by atoms with van der Waals surface area (Å²) in [6, 6.07) is 9.94. The molecule has 1 fully saturated rings. The number of H-pyrrole nitrogens is 1. The van der Waals surface area contributed by atoms with Gasteiger partial charge in [-0.25, -0.2) is 9.78 Å². The maximum atomic E-state index is 12.7. The van der Waals surface area contributed by atoms with Gasteiger partial charge in [0.15, 0.2) is 5.69 Å². The molecule has 2 aromatic rings. The number of aromatic amines is 1. The van der Waals surface area contributed by atoms with Crippen molar-refractivity contribution in [3.8, 4) is 11.4 Å². The highest BCUT2D eigenvalue weighted by Crippen LogP contribution is 2.35. The summed E-state index contributed by atoms with van der Waals surface area (Å²) < 4.78 is 5.58. The maximum absolute atomic E-state index is 12.7. The zero-order chi connectivity index (χ0) is 17.2. The zero-order valence-electron chi connectivity index (χ0n) is 14.8. The van der Waals surface area contributed by atoms with Crippen molar-refractivity contribution in [1.82, 2.24) is 9.97 Å². The van der Waals surface area contributed by atoms with E-state index in [1.165, 1.54) is 19.3 Å². The second-order valence-electron chi connectivity index (χ2n) is 7.55. The number of imidazole rings is 1. The summed E-state index contributed by atoms with van der Waals surface area (Å²) >= 11 is 0. The van der Waals surface area contributed by atoms with Gasteiger partial charge in [0, 0.05) is 11.5 Å². The van der Waals surface area contributed by atoms with E-state index in [1.807, 2.05) is 51.1 Å². The molecule has 0 spiro atoms. The van der Waals surface area contributed by atoms with E-state index in [2.05, 4.69) is 9.97 Å². The predicted molar refractivity (Wildman–Crippen MR) is 95.0 cm³/mol. The Labute approximate surface area is 143 Å². The third kappa shape index (κ3) is 3.86. The first-order chi connectivity index (χ1) is 11.4. The summed E-state index contributed by atoms with van der Waals surface area (Å²) in [4.78, 5) is 20.7. The largest absolute Gasteiger partial charge is 0.455 e. The number of hydrogen-bond acceptors (Lipinski definition) is 3. The van der Waals surface area contributed by atoms with Crippen LogP contribution >= 0.6 is 0 Å². The highest BCUT2D eigenvalue weighted by Gasteiger charge is 2.29. The number of carbonyl (C=O) groups is 1. The van der Waals surface area contributed by atoms with Crippen molar-refractivity contribution < 1.29 is 9.53 Å². The number of nitrogens with one attached hydrogen (secondary N) is 1. The highest BCUT2D eigenvalue weighted by molar-refractivity contribution is 5.90. The summed E-state index contributed by atoms with van der Waals surface area (Å²) in [6.07, 6.45) is 5.90. The van der Waals surface area contributed by atoms with E-state index in [4.69, 9.17) is 4.74 Å². The topological polar surface area (TPSA) is 55.0 Å². The van der Waals surface area contributed by atoms with Crippen LogP contribution in [0.15, 0.2) is 30.3 Å². The van der Waals surface area contributed by atoms with Crippen molar-refractivity contribution in [3.05, 3.63) is 41.7 Å². The quantitative estimate of drug-likeness (QED) is 0.800. The second-order valence-corrected chi connectivity index (χ2v) is 7.55. The molecule has 4 heteroatoms. The third-order valence-electron chi connectivity index (χ3n) is 4.38. The molecule has 0 saturated heterocycles. The molecule has 0 amide bonds.